The molecule has 2 aromatic carbocycles. The number of likely N-dealkylation sites (tertiary alicyclic amines) is 1. The Balaban J connectivity index is 0.00000363. The van der Waals surface area contributed by atoms with Gasteiger partial charge in [0, 0.05) is 36.8 Å². The lowest BCUT2D eigenvalue weighted by molar-refractivity contribution is -0.129. The number of methoxy groups -OCH3 is 2. The zero-order chi connectivity index (χ0) is 22.6. The molecule has 1 fully saturated rings. The van der Waals surface area contributed by atoms with E-state index < -0.39 is 11.3 Å². The smallest absolute Gasteiger partial charge is 0.254 e. The van der Waals surface area contributed by atoms with E-state index in [2.05, 4.69) is 0 Å². The summed E-state index contributed by atoms with van der Waals surface area (Å²) in [5.41, 5.74) is 11.9. The molecule has 174 valence electrons. The number of nitrogens with zero attached hydrogens (tertiary/aromatic N) is 1. The van der Waals surface area contributed by atoms with Gasteiger partial charge in [-0.05, 0) is 44.0 Å². The second-order valence-corrected chi connectivity index (χ2v) is 7.90. The van der Waals surface area contributed by atoms with Crippen molar-refractivity contribution in [1.82, 2.24) is 4.90 Å². The third-order valence-corrected chi connectivity index (χ3v) is 5.70. The molecular formula is C23H30ClN3O5. The number of nitrogens with two attached hydrogens (primary N) is 2. The maximum atomic E-state index is 13.1. The number of ether oxygens (including phenoxy) is 3. The van der Waals surface area contributed by atoms with Crippen molar-refractivity contribution in [3.8, 4) is 23.0 Å². The van der Waals surface area contributed by atoms with E-state index in [0.29, 0.717) is 54.6 Å². The van der Waals surface area contributed by atoms with Crippen LogP contribution in [0.5, 0.6) is 23.0 Å². The molecule has 0 spiro atoms. The summed E-state index contributed by atoms with van der Waals surface area (Å²) in [5, 5.41) is 0. The molecule has 8 nitrogen and oxygen atoms in total. The highest BCUT2D eigenvalue weighted by Crippen LogP contribution is 2.36. The number of carbonyl (C=O) groups is 2. The van der Waals surface area contributed by atoms with Crippen LogP contribution in [0.15, 0.2) is 36.4 Å². The van der Waals surface area contributed by atoms with Crippen molar-refractivity contribution < 1.29 is 23.8 Å². The summed E-state index contributed by atoms with van der Waals surface area (Å²) in [6.07, 6.45) is 1.39. The maximum Gasteiger partial charge on any atom is 0.254 e. The molecular weight excluding hydrogens is 434 g/mol. The van der Waals surface area contributed by atoms with Crippen LogP contribution in [0.25, 0.3) is 0 Å². The first kappa shape index (κ1) is 25.3. The summed E-state index contributed by atoms with van der Waals surface area (Å²) in [6.45, 7) is 3.01. The number of halogens is 1. The minimum Gasteiger partial charge on any atom is -0.496 e. The summed E-state index contributed by atoms with van der Waals surface area (Å²) < 4.78 is 16.8. The van der Waals surface area contributed by atoms with E-state index in [4.69, 9.17) is 25.7 Å². The van der Waals surface area contributed by atoms with Gasteiger partial charge in [-0.2, -0.15) is 0 Å². The van der Waals surface area contributed by atoms with Crippen LogP contribution in [0.3, 0.4) is 0 Å². The molecule has 1 unspecified atom stereocenters. The Morgan fingerprint density at radius 2 is 1.78 bits per heavy atom. The highest BCUT2D eigenvalue weighted by atomic mass is 35.5. The quantitative estimate of drug-likeness (QED) is 0.651. The Kier molecular flexibility index (Phi) is 8.35. The highest BCUT2D eigenvalue weighted by Gasteiger charge is 2.38. The van der Waals surface area contributed by atoms with Crippen molar-refractivity contribution in [3.63, 3.8) is 0 Å². The lowest BCUT2D eigenvalue weighted by Gasteiger charge is -2.38. The first-order chi connectivity index (χ1) is 14.8. The highest BCUT2D eigenvalue weighted by molar-refractivity contribution is 5.95. The molecule has 1 saturated heterocycles. The van der Waals surface area contributed by atoms with Crippen molar-refractivity contribution in [1.29, 1.82) is 0 Å². The third-order valence-electron chi connectivity index (χ3n) is 5.70. The lowest BCUT2D eigenvalue weighted by atomic mass is 9.81. The summed E-state index contributed by atoms with van der Waals surface area (Å²) in [5.74, 6) is 1.44. The van der Waals surface area contributed by atoms with Crippen LogP contribution >= 0.6 is 12.4 Å². The SMILES string of the molecule is COc1cc(Oc2cc(C(=O)N3CCCC(C)(C(N)=O)C3)ccc2OC)ccc1CN.Cl. The number of piperidine rings is 1. The second kappa shape index (κ2) is 10.6. The van der Waals surface area contributed by atoms with Crippen LogP contribution < -0.4 is 25.7 Å². The van der Waals surface area contributed by atoms with E-state index in [-0.39, 0.29) is 18.3 Å². The van der Waals surface area contributed by atoms with E-state index in [1.807, 2.05) is 6.07 Å². The molecule has 1 aliphatic rings. The zero-order valence-corrected chi connectivity index (χ0v) is 19.4. The number of hydrogen-bond acceptors (Lipinski definition) is 6. The van der Waals surface area contributed by atoms with Gasteiger partial charge in [-0.3, -0.25) is 9.59 Å². The van der Waals surface area contributed by atoms with Gasteiger partial charge in [0.05, 0.1) is 19.6 Å². The van der Waals surface area contributed by atoms with Gasteiger partial charge in [-0.25, -0.2) is 0 Å². The molecule has 1 atom stereocenters. The third kappa shape index (κ3) is 5.26. The van der Waals surface area contributed by atoms with Crippen molar-refractivity contribution >= 4 is 24.2 Å². The topological polar surface area (TPSA) is 117 Å². The Morgan fingerprint density at radius 1 is 1.06 bits per heavy atom. The predicted octanol–water partition coefficient (Wildman–Crippen LogP) is 3.10. The first-order valence-corrected chi connectivity index (χ1v) is 10.1. The molecule has 4 N–H and O–H groups in total. The van der Waals surface area contributed by atoms with Gasteiger partial charge >= 0.3 is 0 Å². The molecule has 3 rings (SSSR count). The summed E-state index contributed by atoms with van der Waals surface area (Å²) in [7, 11) is 3.10. The number of primary amides is 1. The largest absolute Gasteiger partial charge is 0.496 e. The van der Waals surface area contributed by atoms with Crippen LogP contribution in [0.4, 0.5) is 0 Å². The first-order valence-electron chi connectivity index (χ1n) is 10.1. The van der Waals surface area contributed by atoms with Crippen LogP contribution in [0, 0.1) is 5.41 Å². The van der Waals surface area contributed by atoms with Crippen LogP contribution in [-0.2, 0) is 11.3 Å². The molecule has 0 aromatic heterocycles. The average Bonchev–Trinajstić information content (AvgIpc) is 2.78. The zero-order valence-electron chi connectivity index (χ0n) is 18.6. The number of hydrogen-bond donors (Lipinski definition) is 2. The van der Waals surface area contributed by atoms with Crippen LogP contribution in [0.2, 0.25) is 0 Å². The molecule has 9 heteroatoms. The van der Waals surface area contributed by atoms with Gasteiger partial charge in [0.2, 0.25) is 5.91 Å². The molecule has 2 amide bonds. The molecule has 1 aliphatic heterocycles. The van der Waals surface area contributed by atoms with Crippen LogP contribution in [0.1, 0.15) is 35.7 Å². The molecule has 1 heterocycles. The standard InChI is InChI=1S/C23H29N3O5.ClH/c1-23(22(25)28)9-4-10-26(14-23)21(27)15-6-8-18(29-2)20(11-15)31-17-7-5-16(13-24)19(12-17)30-3;/h5-8,11-12H,4,9-10,13-14,24H2,1-3H3,(H2,25,28);1H. The molecule has 0 saturated carbocycles. The number of carbonyl (C=O) groups excluding carboxylic acids is 2. The molecule has 32 heavy (non-hydrogen) atoms. The predicted molar refractivity (Wildman–Crippen MR) is 124 cm³/mol. The van der Waals surface area contributed by atoms with Gasteiger partial charge in [-0.1, -0.05) is 6.07 Å². The normalized spacial score (nSPS) is 17.8. The molecule has 0 aliphatic carbocycles. The van der Waals surface area contributed by atoms with Crippen LogP contribution in [-0.4, -0.2) is 44.0 Å². The van der Waals surface area contributed by atoms with E-state index in [9.17, 15) is 9.59 Å². The van der Waals surface area contributed by atoms with Crippen molar-refractivity contribution in [2.75, 3.05) is 27.3 Å². The van der Waals surface area contributed by atoms with E-state index in [1.165, 1.54) is 7.11 Å². The average molecular weight is 464 g/mol. The van der Waals surface area contributed by atoms with Crippen molar-refractivity contribution in [3.05, 3.63) is 47.5 Å². The minimum atomic E-state index is -0.721. The Hall–Kier alpha value is -2.97. The number of benzene rings is 2. The summed E-state index contributed by atoms with van der Waals surface area (Å²) >= 11 is 0. The van der Waals surface area contributed by atoms with Gasteiger partial charge in [-0.15, -0.1) is 12.4 Å². The molecule has 0 bridgehead atoms. The molecule has 2 aromatic rings. The van der Waals surface area contributed by atoms with Gasteiger partial charge < -0.3 is 30.6 Å². The van der Waals surface area contributed by atoms with Crippen molar-refractivity contribution in [2.45, 2.75) is 26.3 Å². The van der Waals surface area contributed by atoms with E-state index >= 15 is 0 Å². The van der Waals surface area contributed by atoms with Gasteiger partial charge in [0.25, 0.3) is 5.91 Å². The van der Waals surface area contributed by atoms with E-state index in [1.54, 1.807) is 49.3 Å². The minimum absolute atomic E-state index is 0. The Morgan fingerprint density at radius 3 is 2.41 bits per heavy atom. The summed E-state index contributed by atoms with van der Waals surface area (Å²) in [4.78, 5) is 26.7. The second-order valence-electron chi connectivity index (χ2n) is 7.90. The Labute approximate surface area is 194 Å². The summed E-state index contributed by atoms with van der Waals surface area (Å²) in [6, 6.07) is 10.4. The van der Waals surface area contributed by atoms with Crippen molar-refractivity contribution in [2.24, 2.45) is 16.9 Å². The fourth-order valence-corrected chi connectivity index (χ4v) is 3.77. The fourth-order valence-electron chi connectivity index (χ4n) is 3.77. The number of rotatable bonds is 7. The molecule has 0 radical (unpaired) electrons. The monoisotopic (exact) mass is 463 g/mol. The Bertz CT molecular complexity index is 984. The number of amides is 2. The fraction of sp³-hybridized carbons (Fsp3) is 0.391. The van der Waals surface area contributed by atoms with E-state index in [0.717, 1.165) is 12.0 Å². The van der Waals surface area contributed by atoms with Gasteiger partial charge in [0.15, 0.2) is 11.5 Å². The lowest BCUT2D eigenvalue weighted by Crippen LogP contribution is -2.50. The van der Waals surface area contributed by atoms with Gasteiger partial charge in [0.1, 0.15) is 11.5 Å². The maximum absolute atomic E-state index is 13.1.